The topological polar surface area (TPSA) is 51.7 Å². The van der Waals surface area contributed by atoms with Crippen molar-refractivity contribution in [3.63, 3.8) is 0 Å². The van der Waals surface area contributed by atoms with Crippen LogP contribution in [0.3, 0.4) is 0 Å². The third-order valence-corrected chi connectivity index (χ3v) is 4.77. The fourth-order valence-corrected chi connectivity index (χ4v) is 3.28. The first-order chi connectivity index (χ1) is 12.5. The van der Waals surface area contributed by atoms with E-state index in [0.29, 0.717) is 35.5 Å². The van der Waals surface area contributed by atoms with Crippen LogP contribution in [0, 0.1) is 0 Å². The molecule has 0 aliphatic carbocycles. The van der Waals surface area contributed by atoms with Gasteiger partial charge in [0.15, 0.2) is 6.10 Å². The largest absolute Gasteiger partial charge is 0.479 e. The molecule has 7 heteroatoms. The molecule has 3 rings (SSSR count). The van der Waals surface area contributed by atoms with Gasteiger partial charge in [0.05, 0.1) is 17.7 Å². The van der Waals surface area contributed by atoms with Crippen LogP contribution < -0.4 is 4.74 Å². The number of halogens is 2. The molecule has 0 radical (unpaired) electrons. The molecular formula is C19H20Cl2N2O3. The van der Waals surface area contributed by atoms with Gasteiger partial charge in [-0.1, -0.05) is 23.2 Å². The second-order valence-corrected chi connectivity index (χ2v) is 7.04. The van der Waals surface area contributed by atoms with Crippen molar-refractivity contribution in [2.45, 2.75) is 32.2 Å². The summed E-state index contributed by atoms with van der Waals surface area (Å²) in [7, 11) is 0. The quantitative estimate of drug-likeness (QED) is 0.743. The molecule has 138 valence electrons. The summed E-state index contributed by atoms with van der Waals surface area (Å²) < 4.78 is 11.6. The van der Waals surface area contributed by atoms with Crippen molar-refractivity contribution in [3.8, 4) is 5.75 Å². The maximum atomic E-state index is 12.6. The Bertz CT molecular complexity index is 758. The Labute approximate surface area is 162 Å². The van der Waals surface area contributed by atoms with Crippen LogP contribution in [0.25, 0.3) is 0 Å². The highest BCUT2D eigenvalue weighted by Crippen LogP contribution is 2.28. The first-order valence-electron chi connectivity index (χ1n) is 8.44. The fraction of sp³-hybridized carbons (Fsp3) is 0.368. The minimum absolute atomic E-state index is 0.0263. The fourth-order valence-electron chi connectivity index (χ4n) is 2.83. The molecule has 1 aromatic heterocycles. The Balaban J connectivity index is 1.50. The second-order valence-electron chi connectivity index (χ2n) is 6.20. The van der Waals surface area contributed by atoms with Gasteiger partial charge < -0.3 is 14.4 Å². The Kier molecular flexibility index (Phi) is 6.35. The van der Waals surface area contributed by atoms with Gasteiger partial charge >= 0.3 is 0 Å². The summed E-state index contributed by atoms with van der Waals surface area (Å²) in [5, 5.41) is 0.909. The van der Waals surface area contributed by atoms with Crippen molar-refractivity contribution < 1.29 is 14.3 Å². The summed E-state index contributed by atoms with van der Waals surface area (Å²) in [6, 6.07) is 8.78. The third kappa shape index (κ3) is 4.87. The first kappa shape index (κ1) is 19.0. The van der Waals surface area contributed by atoms with Crippen LogP contribution in [0.2, 0.25) is 10.0 Å². The zero-order valence-electron chi connectivity index (χ0n) is 14.4. The van der Waals surface area contributed by atoms with Gasteiger partial charge in [-0.05, 0) is 49.2 Å². The van der Waals surface area contributed by atoms with Gasteiger partial charge in [0, 0.05) is 30.5 Å². The number of likely N-dealkylation sites (tertiary alicyclic amines) is 1. The maximum absolute atomic E-state index is 12.6. The molecule has 1 aliphatic rings. The Morgan fingerprint density at radius 1 is 1.31 bits per heavy atom. The molecule has 1 amide bonds. The van der Waals surface area contributed by atoms with E-state index >= 15 is 0 Å². The molecule has 1 fully saturated rings. The highest BCUT2D eigenvalue weighted by Gasteiger charge is 2.30. The lowest BCUT2D eigenvalue weighted by atomic mass is 10.3. The second kappa shape index (κ2) is 8.71. The summed E-state index contributed by atoms with van der Waals surface area (Å²) in [4.78, 5) is 18.4. The van der Waals surface area contributed by atoms with Gasteiger partial charge in [0.25, 0.3) is 5.91 Å². The van der Waals surface area contributed by atoms with Crippen molar-refractivity contribution in [1.82, 2.24) is 9.88 Å². The number of aromatic nitrogens is 1. The van der Waals surface area contributed by atoms with Crippen molar-refractivity contribution in [1.29, 1.82) is 0 Å². The van der Waals surface area contributed by atoms with E-state index in [4.69, 9.17) is 32.7 Å². The zero-order chi connectivity index (χ0) is 18.5. The molecule has 2 atom stereocenters. The van der Waals surface area contributed by atoms with Gasteiger partial charge in [-0.15, -0.1) is 0 Å². The van der Waals surface area contributed by atoms with Crippen molar-refractivity contribution >= 4 is 29.1 Å². The van der Waals surface area contributed by atoms with Crippen molar-refractivity contribution in [3.05, 3.63) is 58.3 Å². The van der Waals surface area contributed by atoms with E-state index in [2.05, 4.69) is 4.98 Å². The SMILES string of the molecule is CC(Oc1ccc(Cl)cc1Cl)C(=O)N1CCC(OCc2ccncc2)C1. The summed E-state index contributed by atoms with van der Waals surface area (Å²) in [5.41, 5.74) is 1.07. The van der Waals surface area contributed by atoms with Crippen LogP contribution in [0.15, 0.2) is 42.7 Å². The van der Waals surface area contributed by atoms with E-state index in [1.54, 1.807) is 42.4 Å². The maximum Gasteiger partial charge on any atom is 0.263 e. The number of amides is 1. The molecule has 1 saturated heterocycles. The van der Waals surface area contributed by atoms with Crippen LogP contribution in [-0.2, 0) is 16.1 Å². The normalized spacial score (nSPS) is 18.0. The number of hydrogen-bond donors (Lipinski definition) is 0. The van der Waals surface area contributed by atoms with Gasteiger partial charge in [-0.2, -0.15) is 0 Å². The molecule has 2 heterocycles. The molecule has 0 bridgehead atoms. The molecule has 26 heavy (non-hydrogen) atoms. The molecule has 5 nitrogen and oxygen atoms in total. The van der Waals surface area contributed by atoms with E-state index < -0.39 is 6.10 Å². The lowest BCUT2D eigenvalue weighted by Gasteiger charge is -2.22. The lowest BCUT2D eigenvalue weighted by molar-refractivity contribution is -0.137. The number of benzene rings is 1. The summed E-state index contributed by atoms with van der Waals surface area (Å²) in [6.45, 7) is 3.45. The van der Waals surface area contributed by atoms with Crippen molar-refractivity contribution in [2.24, 2.45) is 0 Å². The summed E-state index contributed by atoms with van der Waals surface area (Å²) in [5.74, 6) is 0.368. The van der Waals surface area contributed by atoms with E-state index in [1.807, 2.05) is 12.1 Å². The molecule has 0 N–H and O–H groups in total. The number of carbonyl (C=O) groups excluding carboxylic acids is 1. The number of pyridine rings is 1. The predicted molar refractivity (Wildman–Crippen MR) is 101 cm³/mol. The molecule has 0 spiro atoms. The summed E-state index contributed by atoms with van der Waals surface area (Å²) in [6.07, 6.45) is 3.69. The number of rotatable bonds is 6. The van der Waals surface area contributed by atoms with Crippen LogP contribution in [0.1, 0.15) is 18.9 Å². The van der Waals surface area contributed by atoms with Gasteiger partial charge in [0.1, 0.15) is 5.75 Å². The van der Waals surface area contributed by atoms with Crippen LogP contribution in [-0.4, -0.2) is 41.1 Å². The van der Waals surface area contributed by atoms with Gasteiger partial charge in [0.2, 0.25) is 0 Å². The average Bonchev–Trinajstić information content (AvgIpc) is 3.11. The van der Waals surface area contributed by atoms with Crippen LogP contribution >= 0.6 is 23.2 Å². The van der Waals surface area contributed by atoms with E-state index in [0.717, 1.165) is 12.0 Å². The molecule has 0 saturated carbocycles. The van der Waals surface area contributed by atoms with Gasteiger partial charge in [-0.25, -0.2) is 0 Å². The minimum Gasteiger partial charge on any atom is -0.479 e. The summed E-state index contributed by atoms with van der Waals surface area (Å²) >= 11 is 12.0. The van der Waals surface area contributed by atoms with E-state index in [9.17, 15) is 4.79 Å². The molecule has 2 aromatic rings. The average molecular weight is 395 g/mol. The molecule has 1 aliphatic heterocycles. The van der Waals surface area contributed by atoms with Crippen molar-refractivity contribution in [2.75, 3.05) is 13.1 Å². The minimum atomic E-state index is -0.632. The number of ether oxygens (including phenoxy) is 2. The lowest BCUT2D eigenvalue weighted by Crippen LogP contribution is -2.39. The standard InChI is InChI=1S/C19H20Cl2N2O3/c1-13(26-18-3-2-15(20)10-17(18)21)19(24)23-9-6-16(11-23)25-12-14-4-7-22-8-5-14/h2-5,7-8,10,13,16H,6,9,11-12H2,1H3. The van der Waals surface area contributed by atoms with Crippen LogP contribution in [0.4, 0.5) is 0 Å². The zero-order valence-corrected chi connectivity index (χ0v) is 15.9. The van der Waals surface area contributed by atoms with Crippen LogP contribution in [0.5, 0.6) is 5.75 Å². The van der Waals surface area contributed by atoms with E-state index in [-0.39, 0.29) is 12.0 Å². The highest BCUT2D eigenvalue weighted by atomic mass is 35.5. The molecule has 2 unspecified atom stereocenters. The van der Waals surface area contributed by atoms with Gasteiger partial charge in [-0.3, -0.25) is 9.78 Å². The number of carbonyl (C=O) groups is 1. The highest BCUT2D eigenvalue weighted by molar-refractivity contribution is 6.35. The molecular weight excluding hydrogens is 375 g/mol. The monoisotopic (exact) mass is 394 g/mol. The Morgan fingerprint density at radius 2 is 2.08 bits per heavy atom. The number of nitrogens with zero attached hydrogens (tertiary/aromatic N) is 2. The molecule has 1 aromatic carbocycles. The predicted octanol–water partition coefficient (Wildman–Crippen LogP) is 3.97. The van der Waals surface area contributed by atoms with E-state index in [1.165, 1.54) is 0 Å². The smallest absolute Gasteiger partial charge is 0.263 e. The Morgan fingerprint density at radius 3 is 2.81 bits per heavy atom. The Hall–Kier alpha value is -1.82. The third-order valence-electron chi connectivity index (χ3n) is 4.24. The first-order valence-corrected chi connectivity index (χ1v) is 9.19. The number of hydrogen-bond acceptors (Lipinski definition) is 4.